The second-order valence-electron chi connectivity index (χ2n) is 9.88. The molecule has 1 saturated heterocycles. The number of carbonyl (C=O) groups excluding carboxylic acids is 2. The van der Waals surface area contributed by atoms with Gasteiger partial charge in [0.15, 0.2) is 0 Å². The molecule has 41 heavy (non-hydrogen) atoms. The van der Waals surface area contributed by atoms with Gasteiger partial charge in [-0.2, -0.15) is 5.10 Å². The van der Waals surface area contributed by atoms with Gasteiger partial charge in [-0.15, -0.1) is 0 Å². The van der Waals surface area contributed by atoms with Crippen molar-refractivity contribution in [1.29, 1.82) is 0 Å². The van der Waals surface area contributed by atoms with E-state index in [0.29, 0.717) is 27.8 Å². The van der Waals surface area contributed by atoms with E-state index in [-0.39, 0.29) is 11.5 Å². The minimum absolute atomic E-state index is 0.179. The van der Waals surface area contributed by atoms with Gasteiger partial charge in [-0.25, -0.2) is 23.3 Å². The first-order valence-corrected chi connectivity index (χ1v) is 13.1. The summed E-state index contributed by atoms with van der Waals surface area (Å²) < 4.78 is 26.7. The minimum atomic E-state index is -2.65. The maximum Gasteiger partial charge on any atom is 0.257 e. The average Bonchev–Trinajstić information content (AvgIpc) is 3.60. The van der Waals surface area contributed by atoms with Crippen LogP contribution in [0.1, 0.15) is 20.7 Å². The van der Waals surface area contributed by atoms with Crippen LogP contribution in [0, 0.1) is 0 Å². The van der Waals surface area contributed by atoms with E-state index in [9.17, 15) is 18.4 Å². The fourth-order valence-corrected chi connectivity index (χ4v) is 4.84. The quantitative estimate of drug-likeness (QED) is 0.280. The van der Waals surface area contributed by atoms with Crippen molar-refractivity contribution in [1.82, 2.24) is 34.8 Å². The molecular weight excluding hydrogens is 532 g/mol. The molecule has 0 aliphatic carbocycles. The summed E-state index contributed by atoms with van der Waals surface area (Å²) in [5.74, 6) is -0.0889. The fourth-order valence-electron chi connectivity index (χ4n) is 4.84. The number of pyridine rings is 3. The van der Waals surface area contributed by atoms with Gasteiger partial charge in [0, 0.05) is 55.7 Å². The molecule has 2 amide bonds. The number of aromatic nitrogens is 5. The van der Waals surface area contributed by atoms with Crippen LogP contribution in [0.5, 0.6) is 0 Å². The highest BCUT2D eigenvalue weighted by Gasteiger charge is 2.18. The van der Waals surface area contributed by atoms with Crippen molar-refractivity contribution in [3.05, 3.63) is 72.4 Å². The molecule has 11 nitrogen and oxygen atoms in total. The largest absolute Gasteiger partial charge is 0.354 e. The van der Waals surface area contributed by atoms with E-state index in [0.717, 1.165) is 43.1 Å². The highest BCUT2D eigenvalue weighted by Crippen LogP contribution is 2.30. The molecule has 0 aromatic carbocycles. The predicted molar refractivity (Wildman–Crippen MR) is 151 cm³/mol. The van der Waals surface area contributed by atoms with Crippen molar-refractivity contribution in [2.24, 2.45) is 0 Å². The Morgan fingerprint density at radius 2 is 1.85 bits per heavy atom. The molecule has 210 valence electrons. The van der Waals surface area contributed by atoms with Crippen molar-refractivity contribution >= 4 is 39.9 Å². The summed E-state index contributed by atoms with van der Waals surface area (Å²) in [6.07, 6.45) is 5.27. The Balaban J connectivity index is 1.22. The maximum absolute atomic E-state index is 13.1. The number of fused-ring (bicyclic) bond motifs is 2. The van der Waals surface area contributed by atoms with Crippen LogP contribution >= 0.6 is 0 Å². The minimum Gasteiger partial charge on any atom is -0.354 e. The van der Waals surface area contributed by atoms with Gasteiger partial charge in [-0.05, 0) is 42.9 Å². The Hall–Kier alpha value is -4.91. The average molecular weight is 560 g/mol. The van der Waals surface area contributed by atoms with E-state index in [1.807, 2.05) is 18.2 Å². The van der Waals surface area contributed by atoms with E-state index in [4.69, 9.17) is 0 Å². The predicted octanol–water partition coefficient (Wildman–Crippen LogP) is 3.27. The molecule has 5 aromatic heterocycles. The van der Waals surface area contributed by atoms with Crippen molar-refractivity contribution in [3.63, 3.8) is 0 Å². The van der Waals surface area contributed by atoms with Gasteiger partial charge in [-0.3, -0.25) is 9.59 Å². The summed E-state index contributed by atoms with van der Waals surface area (Å²) in [7, 11) is 2.10. The number of hydrogen-bond donors (Lipinski definition) is 3. The van der Waals surface area contributed by atoms with E-state index in [1.165, 1.54) is 16.9 Å². The number of carbonyl (C=O) groups is 2. The van der Waals surface area contributed by atoms with Gasteiger partial charge in [-0.1, -0.05) is 0 Å². The number of likely N-dealkylation sites (N-methyl/N-ethyl adjacent to an activating group) is 1. The van der Waals surface area contributed by atoms with Crippen LogP contribution < -0.4 is 15.5 Å². The number of halogens is 2. The molecular formula is C28H27F2N9O2. The van der Waals surface area contributed by atoms with Gasteiger partial charge in [0.25, 0.3) is 18.2 Å². The smallest absolute Gasteiger partial charge is 0.257 e. The fraction of sp³-hybridized carbons (Fsp3) is 0.250. The van der Waals surface area contributed by atoms with E-state index in [2.05, 4.69) is 47.5 Å². The van der Waals surface area contributed by atoms with Crippen molar-refractivity contribution < 1.29 is 18.4 Å². The number of H-pyrrole nitrogens is 1. The number of hydrogen-bond acceptors (Lipinski definition) is 7. The van der Waals surface area contributed by atoms with Crippen molar-refractivity contribution in [2.45, 2.75) is 6.43 Å². The topological polar surface area (TPSA) is 124 Å². The van der Waals surface area contributed by atoms with Crippen LogP contribution in [0.2, 0.25) is 0 Å². The SMILES string of the molecule is CN1CCN(c2ccc(NC(=O)c3cnc4[nH]cc(-c5ccn6ncc(C(=O)NCC(F)F)c6c5)c4c3)cn2)CC1. The zero-order valence-electron chi connectivity index (χ0n) is 22.1. The number of nitrogens with zero attached hydrogens (tertiary/aromatic N) is 6. The van der Waals surface area contributed by atoms with Gasteiger partial charge in [0.2, 0.25) is 0 Å². The lowest BCUT2D eigenvalue weighted by Gasteiger charge is -2.33. The van der Waals surface area contributed by atoms with Crippen LogP contribution in [0.4, 0.5) is 20.3 Å². The monoisotopic (exact) mass is 559 g/mol. The molecule has 0 radical (unpaired) electrons. The van der Waals surface area contributed by atoms with Crippen LogP contribution in [-0.2, 0) is 0 Å². The van der Waals surface area contributed by atoms with Crippen LogP contribution in [0.3, 0.4) is 0 Å². The highest BCUT2D eigenvalue weighted by molar-refractivity contribution is 6.07. The van der Waals surface area contributed by atoms with Gasteiger partial charge in [0.1, 0.15) is 11.5 Å². The first-order chi connectivity index (χ1) is 19.9. The number of alkyl halides is 2. The second-order valence-corrected chi connectivity index (χ2v) is 9.88. The third-order valence-electron chi connectivity index (χ3n) is 7.12. The lowest BCUT2D eigenvalue weighted by molar-refractivity contribution is 0.0893. The van der Waals surface area contributed by atoms with Gasteiger partial charge < -0.3 is 25.4 Å². The second kappa shape index (κ2) is 10.9. The Morgan fingerprint density at radius 1 is 1.02 bits per heavy atom. The lowest BCUT2D eigenvalue weighted by Crippen LogP contribution is -2.44. The molecule has 1 fully saturated rings. The normalized spacial score (nSPS) is 14.2. The molecule has 6 rings (SSSR count). The summed E-state index contributed by atoms with van der Waals surface area (Å²) in [4.78, 5) is 42.1. The summed E-state index contributed by atoms with van der Waals surface area (Å²) in [5, 5.41) is 9.95. The molecule has 0 saturated carbocycles. The standard InChI is InChI=1S/C28H27F2N9O2/c1-37-6-8-38(9-7-37)25-3-2-19(13-31-25)36-27(40)18-10-20-21(14-33-26(20)32-12-18)17-4-5-39-23(11-17)22(15-35-39)28(41)34-16-24(29)30/h2-5,10-15,24H,6-9,16H2,1H3,(H,32,33)(H,34,41)(H,36,40). The third-order valence-corrected chi connectivity index (χ3v) is 7.12. The van der Waals surface area contributed by atoms with Gasteiger partial charge >= 0.3 is 0 Å². The molecule has 1 aliphatic rings. The molecule has 0 unspecified atom stereocenters. The first-order valence-electron chi connectivity index (χ1n) is 13.1. The Labute approximate surface area is 233 Å². The number of aromatic amines is 1. The van der Waals surface area contributed by atoms with E-state index >= 15 is 0 Å². The summed E-state index contributed by atoms with van der Waals surface area (Å²) in [6, 6.07) is 9.03. The highest BCUT2D eigenvalue weighted by atomic mass is 19.3. The Kier molecular flexibility index (Phi) is 7.01. The zero-order chi connectivity index (χ0) is 28.5. The first kappa shape index (κ1) is 26.3. The lowest BCUT2D eigenvalue weighted by atomic mass is 10.0. The van der Waals surface area contributed by atoms with E-state index in [1.54, 1.807) is 30.7 Å². The van der Waals surface area contributed by atoms with Gasteiger partial charge in [0.05, 0.1) is 41.3 Å². The Morgan fingerprint density at radius 3 is 2.61 bits per heavy atom. The van der Waals surface area contributed by atoms with E-state index < -0.39 is 18.9 Å². The van der Waals surface area contributed by atoms with Crippen LogP contribution in [0.15, 0.2) is 61.3 Å². The molecule has 3 N–H and O–H groups in total. The molecule has 0 bridgehead atoms. The van der Waals surface area contributed by atoms with Crippen LogP contribution in [-0.4, -0.2) is 87.5 Å². The Bertz CT molecular complexity index is 1720. The zero-order valence-corrected chi connectivity index (χ0v) is 22.1. The summed E-state index contributed by atoms with van der Waals surface area (Å²) in [6.45, 7) is 3.02. The molecule has 0 atom stereocenters. The molecule has 0 spiro atoms. The number of rotatable bonds is 7. The summed E-state index contributed by atoms with van der Waals surface area (Å²) >= 11 is 0. The third kappa shape index (κ3) is 5.43. The molecule has 6 heterocycles. The van der Waals surface area contributed by atoms with Crippen molar-refractivity contribution in [2.75, 3.05) is 50.0 Å². The molecule has 5 aromatic rings. The van der Waals surface area contributed by atoms with Crippen molar-refractivity contribution in [3.8, 4) is 11.1 Å². The molecule has 1 aliphatic heterocycles. The summed E-state index contributed by atoms with van der Waals surface area (Å²) in [5.41, 5.74) is 3.64. The number of amides is 2. The number of nitrogens with one attached hydrogen (secondary N) is 3. The number of piperazine rings is 1. The maximum atomic E-state index is 13.1. The van der Waals surface area contributed by atoms with Crippen LogP contribution in [0.25, 0.3) is 27.7 Å². The molecule has 13 heteroatoms. The number of anilines is 2.